The number of benzene rings is 1. The van der Waals surface area contributed by atoms with Crippen molar-refractivity contribution in [3.05, 3.63) is 35.4 Å². The molecule has 11 heavy (non-hydrogen) atoms. The smallest absolute Gasteiger partial charge is 0.211 e. The number of nitrogens with zero attached hydrogens (tertiary/aromatic N) is 1. The number of rotatable bonds is 0. The molecule has 0 fully saturated rings. The monoisotopic (exact) mass is 148 g/mol. The molecule has 0 amide bonds. The molecule has 1 aromatic rings. The van der Waals surface area contributed by atoms with Crippen molar-refractivity contribution >= 4 is 5.78 Å². The van der Waals surface area contributed by atoms with Gasteiger partial charge in [-0.3, -0.25) is 4.79 Å². The van der Waals surface area contributed by atoms with E-state index in [9.17, 15) is 4.79 Å². The summed E-state index contributed by atoms with van der Waals surface area (Å²) in [5.41, 5.74) is 12.7. The van der Waals surface area contributed by atoms with Crippen molar-refractivity contribution in [3.63, 3.8) is 0 Å². The summed E-state index contributed by atoms with van der Waals surface area (Å²) in [4.78, 5) is 12.7. The Labute approximate surface area is 62.9 Å². The Morgan fingerprint density at radius 3 is 1.82 bits per heavy atom. The largest absolute Gasteiger partial charge is 0.289 e. The normalized spacial score (nSPS) is 10.4. The van der Waals surface area contributed by atoms with Crippen molar-refractivity contribution in [3.8, 4) is 0 Å². The highest BCUT2D eigenvalue weighted by Gasteiger charge is 2.17. The lowest BCUT2D eigenvalue weighted by Crippen LogP contribution is -2.10. The van der Waals surface area contributed by atoms with Gasteiger partial charge in [0.2, 0.25) is 4.91 Å². The summed E-state index contributed by atoms with van der Waals surface area (Å²) in [6.45, 7) is 0. The molecule has 0 saturated heterocycles. The van der Waals surface area contributed by atoms with E-state index in [4.69, 9.17) is 11.1 Å². The van der Waals surface area contributed by atoms with Gasteiger partial charge in [-0.05, 0) is 6.07 Å². The van der Waals surface area contributed by atoms with E-state index in [1.165, 1.54) is 0 Å². The Bertz CT molecular complexity index is 297. The third kappa shape index (κ3) is 1.20. The average molecular weight is 148 g/mol. The molecule has 1 aromatic carbocycles. The molecule has 0 spiro atoms. The zero-order chi connectivity index (χ0) is 8.27. The lowest BCUT2D eigenvalue weighted by Gasteiger charge is -2.10. The van der Waals surface area contributed by atoms with E-state index in [2.05, 4.69) is 0 Å². The summed E-state index contributed by atoms with van der Waals surface area (Å²) in [5, 5.41) is 0. The molecule has 4 nitrogen and oxygen atoms in total. The number of carbonyl (C=O) groups is 1. The highest BCUT2D eigenvalue weighted by atomic mass is 16.1. The number of ketones is 1. The lowest BCUT2D eigenvalue weighted by atomic mass is 9.92. The predicted octanol–water partition coefficient (Wildman–Crippen LogP) is 1.35. The minimum Gasteiger partial charge on any atom is -0.289 e. The second kappa shape index (κ2) is 2.86. The van der Waals surface area contributed by atoms with Gasteiger partial charge in [-0.25, -0.2) is 0 Å². The fourth-order valence-corrected chi connectivity index (χ4v) is 0.891. The van der Waals surface area contributed by atoms with Crippen LogP contribution >= 0.6 is 0 Å². The third-order valence-corrected chi connectivity index (χ3v) is 1.39. The van der Waals surface area contributed by atoms with Crippen LogP contribution in [-0.2, 0) is 0 Å². The van der Waals surface area contributed by atoms with Gasteiger partial charge in [0.1, 0.15) is 11.1 Å². The van der Waals surface area contributed by atoms with E-state index < -0.39 is 0 Å². The van der Waals surface area contributed by atoms with Gasteiger partial charge in [0, 0.05) is 11.1 Å². The second-order valence-electron chi connectivity index (χ2n) is 2.02. The number of nitrogens with one attached hydrogen (secondary N) is 2. The van der Waals surface area contributed by atoms with E-state index in [0.29, 0.717) is 0 Å². The maximum Gasteiger partial charge on any atom is 0.211 e. The Balaban J connectivity index is 0.000000179. The summed E-state index contributed by atoms with van der Waals surface area (Å²) in [7, 11) is 0. The molecule has 54 valence electrons. The number of carbonyl (C=O) groups excluding carboxylic acids is 1. The first-order valence-corrected chi connectivity index (χ1v) is 2.97. The van der Waals surface area contributed by atoms with Gasteiger partial charge in [-0.2, -0.15) is 0 Å². The van der Waals surface area contributed by atoms with E-state index in [-0.39, 0.29) is 5.78 Å². The first-order valence-electron chi connectivity index (χ1n) is 2.97. The topological polar surface area (TPSA) is 78.9 Å². The molecule has 0 saturated carbocycles. The molecular weight excluding hydrogens is 142 g/mol. The molecule has 0 radical (unpaired) electrons. The molecule has 0 heterocycles. The van der Waals surface area contributed by atoms with Gasteiger partial charge in [-0.15, -0.1) is 0 Å². The summed E-state index contributed by atoms with van der Waals surface area (Å²) in [5.74, 6) is 0.201. The molecule has 2 bridgehead atoms. The molecule has 4 heteroatoms. The Hall–Kier alpha value is -1.80. The maximum atomic E-state index is 10.7. The van der Waals surface area contributed by atoms with Crippen LogP contribution in [0.4, 0.5) is 0 Å². The van der Waals surface area contributed by atoms with Crippen LogP contribution in [0.1, 0.15) is 15.9 Å². The summed E-state index contributed by atoms with van der Waals surface area (Å²) in [6.07, 6.45) is 0. The molecule has 0 unspecified atom stereocenters. The maximum absolute atomic E-state index is 10.7. The van der Waals surface area contributed by atoms with Crippen LogP contribution in [0.3, 0.4) is 0 Å². The minimum absolute atomic E-state index is 0.201. The highest BCUT2D eigenvalue weighted by molar-refractivity contribution is 6.16. The molecule has 2 aliphatic carbocycles. The van der Waals surface area contributed by atoms with Crippen LogP contribution in [0.15, 0.2) is 24.3 Å². The van der Waals surface area contributed by atoms with E-state index >= 15 is 0 Å². The fraction of sp³-hybridized carbons (Fsp3) is 0. The van der Waals surface area contributed by atoms with Crippen LogP contribution in [0, 0.1) is 11.1 Å². The van der Waals surface area contributed by atoms with Crippen molar-refractivity contribution in [2.24, 2.45) is 0 Å². The van der Waals surface area contributed by atoms with Crippen LogP contribution < -0.4 is 4.91 Å². The lowest BCUT2D eigenvalue weighted by molar-refractivity contribution is 0.102. The summed E-state index contributed by atoms with van der Waals surface area (Å²) >= 11 is 0. The molecule has 0 atom stereocenters. The molecule has 3 rings (SSSR count). The first kappa shape index (κ1) is 7.31. The Kier molecular flexibility index (Phi) is 1.90. The van der Waals surface area contributed by atoms with Crippen LogP contribution in [0.2, 0.25) is 0 Å². The molecular formula is C7H6N3O+. The van der Waals surface area contributed by atoms with Gasteiger partial charge in [-0.1, -0.05) is 18.2 Å². The van der Waals surface area contributed by atoms with E-state index in [0.717, 1.165) is 11.1 Å². The number of hydrogen-bond acceptors (Lipinski definition) is 3. The third-order valence-electron chi connectivity index (χ3n) is 1.39. The molecule has 0 aliphatic heterocycles. The first-order chi connectivity index (χ1) is 5.29. The number of hydrogen-bond donors (Lipinski definition) is 2. The Morgan fingerprint density at radius 2 is 1.64 bits per heavy atom. The standard InChI is InChI=1S/C7H4O.H2N3/c8-7-5-2-1-3-6(7)4-5;1-3-2/h1-4H;1-2H/q;+1. The van der Waals surface area contributed by atoms with Crippen molar-refractivity contribution in [2.45, 2.75) is 0 Å². The van der Waals surface area contributed by atoms with Gasteiger partial charge < -0.3 is 0 Å². The van der Waals surface area contributed by atoms with Crippen molar-refractivity contribution in [1.29, 1.82) is 11.1 Å². The zero-order valence-electron chi connectivity index (χ0n) is 5.66. The minimum atomic E-state index is 0.201. The number of fused-ring (bicyclic) bond motifs is 2. The highest BCUT2D eigenvalue weighted by Crippen LogP contribution is 2.19. The van der Waals surface area contributed by atoms with Gasteiger partial charge in [0.15, 0.2) is 5.78 Å². The Morgan fingerprint density at radius 1 is 1.18 bits per heavy atom. The van der Waals surface area contributed by atoms with E-state index in [1.807, 2.05) is 29.2 Å². The van der Waals surface area contributed by atoms with Gasteiger partial charge in [0.05, 0.1) is 0 Å². The zero-order valence-corrected chi connectivity index (χ0v) is 5.66. The van der Waals surface area contributed by atoms with Crippen molar-refractivity contribution in [2.75, 3.05) is 0 Å². The fourth-order valence-electron chi connectivity index (χ4n) is 0.891. The summed E-state index contributed by atoms with van der Waals surface area (Å²) < 4.78 is 0. The molecule has 2 aliphatic rings. The average Bonchev–Trinajstić information content (AvgIpc) is 2.06. The van der Waals surface area contributed by atoms with E-state index in [1.54, 1.807) is 0 Å². The van der Waals surface area contributed by atoms with Crippen LogP contribution in [0.5, 0.6) is 0 Å². The van der Waals surface area contributed by atoms with Gasteiger partial charge >= 0.3 is 0 Å². The summed E-state index contributed by atoms with van der Waals surface area (Å²) in [6, 6.07) is 7.44. The van der Waals surface area contributed by atoms with Crippen LogP contribution in [-0.4, -0.2) is 5.78 Å². The van der Waals surface area contributed by atoms with Crippen LogP contribution in [0.25, 0.3) is 0 Å². The second-order valence-corrected chi connectivity index (χ2v) is 2.02. The van der Waals surface area contributed by atoms with Crippen molar-refractivity contribution < 1.29 is 4.79 Å². The SMILES string of the molecule is N=[N+]=N.O=C1c2cccc1c2. The van der Waals surface area contributed by atoms with Gasteiger partial charge in [0.25, 0.3) is 0 Å². The predicted molar refractivity (Wildman–Crippen MR) is 37.4 cm³/mol. The van der Waals surface area contributed by atoms with Crippen molar-refractivity contribution in [1.82, 2.24) is 4.91 Å². The quantitative estimate of drug-likeness (QED) is 0.429. The molecule has 2 N–H and O–H groups in total. The molecule has 0 aromatic heterocycles.